The lowest BCUT2D eigenvalue weighted by Crippen LogP contribution is -1.98. The maximum Gasteiger partial charge on any atom is 0.203 e. The van der Waals surface area contributed by atoms with Gasteiger partial charge in [-0.05, 0) is 23.8 Å². The van der Waals surface area contributed by atoms with Crippen LogP contribution < -0.4 is 0 Å². The Morgan fingerprint density at radius 2 is 1.85 bits per heavy atom. The van der Waals surface area contributed by atoms with Crippen molar-refractivity contribution in [2.24, 2.45) is 0 Å². The summed E-state index contributed by atoms with van der Waals surface area (Å²) < 4.78 is 38.2. The molecular formula is C8H7F3OS. The van der Waals surface area contributed by atoms with E-state index in [-0.39, 0.29) is 17.7 Å². The molecular weight excluding hydrogens is 201 g/mol. The molecule has 1 nitrogen and oxygen atoms in total. The second-order valence-corrected chi connectivity index (χ2v) is 2.91. The van der Waals surface area contributed by atoms with Crippen molar-refractivity contribution in [1.29, 1.82) is 0 Å². The van der Waals surface area contributed by atoms with Gasteiger partial charge in [0.2, 0.25) is 5.82 Å². The van der Waals surface area contributed by atoms with Crippen LogP contribution in [-0.2, 0) is 6.42 Å². The lowest BCUT2D eigenvalue weighted by Gasteiger charge is -2.04. The lowest BCUT2D eigenvalue weighted by atomic mass is 10.1. The smallest absolute Gasteiger partial charge is 0.203 e. The van der Waals surface area contributed by atoms with E-state index in [2.05, 4.69) is 12.6 Å². The van der Waals surface area contributed by atoms with Gasteiger partial charge in [-0.3, -0.25) is 0 Å². The van der Waals surface area contributed by atoms with E-state index in [0.717, 1.165) is 6.07 Å². The molecule has 0 saturated heterocycles. The van der Waals surface area contributed by atoms with Crippen LogP contribution in [0, 0.1) is 17.5 Å². The van der Waals surface area contributed by atoms with Crippen molar-refractivity contribution in [2.45, 2.75) is 6.42 Å². The third kappa shape index (κ3) is 1.91. The highest BCUT2D eigenvalue weighted by molar-refractivity contribution is 7.80. The Balaban J connectivity index is 3.24. The standard InChI is InChI=1S/C8H7F3OS/c9-5-3-4(1-2-13)6(10)7(11)8(5)12/h3,12-13H,1-2H2. The molecule has 0 fully saturated rings. The van der Waals surface area contributed by atoms with Gasteiger partial charge in [-0.15, -0.1) is 0 Å². The van der Waals surface area contributed by atoms with Gasteiger partial charge in [-0.25, -0.2) is 8.78 Å². The first kappa shape index (κ1) is 10.2. The van der Waals surface area contributed by atoms with Gasteiger partial charge in [0.25, 0.3) is 0 Å². The fourth-order valence-corrected chi connectivity index (χ4v) is 1.18. The minimum Gasteiger partial charge on any atom is -0.503 e. The molecule has 0 spiro atoms. The monoisotopic (exact) mass is 208 g/mol. The lowest BCUT2D eigenvalue weighted by molar-refractivity contribution is 0.374. The summed E-state index contributed by atoms with van der Waals surface area (Å²) in [4.78, 5) is 0. The van der Waals surface area contributed by atoms with Crippen LogP contribution in [-0.4, -0.2) is 10.9 Å². The van der Waals surface area contributed by atoms with Crippen LogP contribution in [0.3, 0.4) is 0 Å². The van der Waals surface area contributed by atoms with Crippen molar-refractivity contribution in [1.82, 2.24) is 0 Å². The number of thiol groups is 1. The highest BCUT2D eigenvalue weighted by Gasteiger charge is 2.17. The van der Waals surface area contributed by atoms with Crippen molar-refractivity contribution >= 4 is 12.6 Å². The molecule has 1 aromatic carbocycles. The number of phenols is 1. The molecule has 0 bridgehead atoms. The third-order valence-corrected chi connectivity index (χ3v) is 1.81. The first-order valence-electron chi connectivity index (χ1n) is 3.54. The van der Waals surface area contributed by atoms with E-state index in [1.165, 1.54) is 0 Å². The molecule has 1 rings (SSSR count). The zero-order valence-electron chi connectivity index (χ0n) is 6.52. The second-order valence-electron chi connectivity index (χ2n) is 2.47. The normalized spacial score (nSPS) is 10.5. The van der Waals surface area contributed by atoms with Crippen molar-refractivity contribution in [2.75, 3.05) is 5.75 Å². The molecule has 0 heterocycles. The third-order valence-electron chi connectivity index (χ3n) is 1.59. The maximum absolute atomic E-state index is 12.9. The highest BCUT2D eigenvalue weighted by Crippen LogP contribution is 2.25. The molecule has 0 atom stereocenters. The quantitative estimate of drug-likeness (QED) is 0.564. The fourth-order valence-electron chi connectivity index (χ4n) is 0.937. The molecule has 0 radical (unpaired) electrons. The average molecular weight is 208 g/mol. The van der Waals surface area contributed by atoms with E-state index in [1.54, 1.807) is 0 Å². The molecule has 0 aliphatic heterocycles. The van der Waals surface area contributed by atoms with Gasteiger partial charge in [-0.2, -0.15) is 17.0 Å². The SMILES string of the molecule is Oc1c(F)cc(CCS)c(F)c1F. The number of halogens is 3. The predicted molar refractivity (Wildman–Crippen MR) is 45.5 cm³/mol. The van der Waals surface area contributed by atoms with Crippen LogP contribution in [0.5, 0.6) is 5.75 Å². The van der Waals surface area contributed by atoms with E-state index in [9.17, 15) is 13.2 Å². The molecule has 1 N–H and O–H groups in total. The summed E-state index contributed by atoms with van der Waals surface area (Å²) >= 11 is 3.80. The van der Waals surface area contributed by atoms with Crippen LogP contribution in [0.1, 0.15) is 5.56 Å². The van der Waals surface area contributed by atoms with Gasteiger partial charge in [0.05, 0.1) is 0 Å². The number of hydrogen-bond donors (Lipinski definition) is 2. The van der Waals surface area contributed by atoms with Crippen LogP contribution in [0.2, 0.25) is 0 Å². The fraction of sp³-hybridized carbons (Fsp3) is 0.250. The van der Waals surface area contributed by atoms with E-state index >= 15 is 0 Å². The minimum atomic E-state index is -1.54. The first-order chi connectivity index (χ1) is 6.07. The van der Waals surface area contributed by atoms with E-state index in [1.807, 2.05) is 0 Å². The summed E-state index contributed by atoms with van der Waals surface area (Å²) in [6.07, 6.45) is 0.114. The van der Waals surface area contributed by atoms with Gasteiger partial charge in [0.1, 0.15) is 0 Å². The van der Waals surface area contributed by atoms with Gasteiger partial charge >= 0.3 is 0 Å². The molecule has 72 valence electrons. The van der Waals surface area contributed by atoms with Crippen molar-refractivity contribution in [3.8, 4) is 5.75 Å². The molecule has 5 heteroatoms. The molecule has 0 saturated carbocycles. The van der Waals surface area contributed by atoms with Crippen molar-refractivity contribution in [3.63, 3.8) is 0 Å². The Morgan fingerprint density at radius 1 is 1.23 bits per heavy atom. The topological polar surface area (TPSA) is 20.2 Å². The van der Waals surface area contributed by atoms with Crippen LogP contribution >= 0.6 is 12.6 Å². The molecule has 0 unspecified atom stereocenters. The van der Waals surface area contributed by atoms with E-state index < -0.39 is 23.2 Å². The van der Waals surface area contributed by atoms with Crippen molar-refractivity contribution < 1.29 is 18.3 Å². The van der Waals surface area contributed by atoms with Gasteiger partial charge in [0, 0.05) is 0 Å². The zero-order valence-corrected chi connectivity index (χ0v) is 7.41. The summed E-state index contributed by atoms with van der Waals surface area (Å²) in [7, 11) is 0. The number of aromatic hydroxyl groups is 1. The first-order valence-corrected chi connectivity index (χ1v) is 4.17. The van der Waals surface area contributed by atoms with E-state index in [0.29, 0.717) is 0 Å². The van der Waals surface area contributed by atoms with Gasteiger partial charge in [-0.1, -0.05) is 0 Å². The molecule has 0 aromatic heterocycles. The van der Waals surface area contributed by atoms with Crippen LogP contribution in [0.4, 0.5) is 13.2 Å². The predicted octanol–water partition coefficient (Wildman–Crippen LogP) is 2.28. The Bertz CT molecular complexity index is 328. The van der Waals surface area contributed by atoms with Gasteiger partial charge in [0.15, 0.2) is 17.4 Å². The number of hydrogen-bond acceptors (Lipinski definition) is 2. The molecule has 13 heavy (non-hydrogen) atoms. The summed E-state index contributed by atoms with van der Waals surface area (Å²) in [6.45, 7) is 0. The summed E-state index contributed by atoms with van der Waals surface area (Å²) in [5.74, 6) is -4.92. The zero-order chi connectivity index (χ0) is 10.0. The molecule has 0 amide bonds. The number of aryl methyl sites for hydroxylation is 1. The summed E-state index contributed by atoms with van der Waals surface area (Å²) in [5.41, 5.74) is -0.122. The molecule has 1 aromatic rings. The second kappa shape index (κ2) is 3.91. The number of benzene rings is 1. The Kier molecular flexibility index (Phi) is 3.08. The van der Waals surface area contributed by atoms with E-state index in [4.69, 9.17) is 5.11 Å². The summed E-state index contributed by atoms with van der Waals surface area (Å²) in [5, 5.41) is 8.67. The largest absolute Gasteiger partial charge is 0.503 e. The minimum absolute atomic E-state index is 0.114. The summed E-state index contributed by atoms with van der Waals surface area (Å²) in [6, 6.07) is 0.768. The Labute approximate surface area is 78.6 Å². The maximum atomic E-state index is 12.9. The average Bonchev–Trinajstić information content (AvgIpc) is 2.11. The number of phenolic OH excluding ortho intramolecular Hbond substituents is 1. The van der Waals surface area contributed by atoms with Crippen LogP contribution in [0.15, 0.2) is 6.07 Å². The molecule has 0 aliphatic rings. The number of rotatable bonds is 2. The molecule has 0 aliphatic carbocycles. The Morgan fingerprint density at radius 3 is 2.38 bits per heavy atom. The van der Waals surface area contributed by atoms with Crippen LogP contribution in [0.25, 0.3) is 0 Å². The highest BCUT2D eigenvalue weighted by atomic mass is 32.1. The van der Waals surface area contributed by atoms with Gasteiger partial charge < -0.3 is 5.11 Å². The van der Waals surface area contributed by atoms with Crippen molar-refractivity contribution in [3.05, 3.63) is 29.1 Å². The Hall–Kier alpha value is -0.840.